The molecule has 0 bridgehead atoms. The van der Waals surface area contributed by atoms with Crippen LogP contribution in [0.25, 0.3) is 11.6 Å². The third-order valence-corrected chi connectivity index (χ3v) is 3.92. The van der Waals surface area contributed by atoms with Crippen LogP contribution in [-0.2, 0) is 0 Å². The molecule has 0 aliphatic heterocycles. The summed E-state index contributed by atoms with van der Waals surface area (Å²) in [4.78, 5) is 4.35. The second kappa shape index (κ2) is 7.62. The summed E-state index contributed by atoms with van der Waals surface area (Å²) in [6, 6.07) is 7.84. The minimum absolute atomic E-state index is 0.544. The molecule has 2 aromatic rings. The molecule has 1 aromatic carbocycles. The van der Waals surface area contributed by atoms with Gasteiger partial charge in [-0.1, -0.05) is 13.0 Å². The van der Waals surface area contributed by atoms with E-state index in [0.29, 0.717) is 23.7 Å². The van der Waals surface area contributed by atoms with E-state index >= 15 is 0 Å². The topological polar surface area (TPSA) is 55.1 Å². The van der Waals surface area contributed by atoms with Gasteiger partial charge in [0.1, 0.15) is 11.1 Å². The second-order valence-corrected chi connectivity index (χ2v) is 5.58. The standard InChI is InChI=1S/C17H18N2O2S/c1-4-7-21-15-6-5-13(9-16(15)20-3)8-14(10-18)17-19-12(2)11-22-17/h5-6,8-9,11H,4,7H2,1-3H3/b14-8-. The number of thiazole rings is 1. The van der Waals surface area contributed by atoms with Gasteiger partial charge in [0.2, 0.25) is 0 Å². The molecular weight excluding hydrogens is 296 g/mol. The van der Waals surface area contributed by atoms with E-state index in [9.17, 15) is 5.26 Å². The number of benzene rings is 1. The van der Waals surface area contributed by atoms with Crippen molar-refractivity contribution in [2.75, 3.05) is 13.7 Å². The van der Waals surface area contributed by atoms with Crippen LogP contribution < -0.4 is 9.47 Å². The number of hydrogen-bond acceptors (Lipinski definition) is 5. The van der Waals surface area contributed by atoms with E-state index in [1.54, 1.807) is 7.11 Å². The number of nitriles is 1. The minimum atomic E-state index is 0.544. The zero-order valence-electron chi connectivity index (χ0n) is 12.9. The van der Waals surface area contributed by atoms with E-state index in [4.69, 9.17) is 9.47 Å². The van der Waals surface area contributed by atoms with Crippen LogP contribution in [0.1, 0.15) is 29.6 Å². The molecule has 0 aliphatic carbocycles. The van der Waals surface area contributed by atoms with E-state index in [0.717, 1.165) is 22.7 Å². The van der Waals surface area contributed by atoms with E-state index in [1.807, 2.05) is 36.6 Å². The van der Waals surface area contributed by atoms with Crippen LogP contribution in [0.4, 0.5) is 0 Å². The van der Waals surface area contributed by atoms with Crippen LogP contribution in [-0.4, -0.2) is 18.7 Å². The Morgan fingerprint density at radius 1 is 1.41 bits per heavy atom. The number of rotatable bonds is 6. The molecule has 5 heteroatoms. The molecule has 2 rings (SSSR count). The van der Waals surface area contributed by atoms with Crippen molar-refractivity contribution < 1.29 is 9.47 Å². The summed E-state index contributed by atoms with van der Waals surface area (Å²) < 4.78 is 11.0. The largest absolute Gasteiger partial charge is 0.493 e. The number of aromatic nitrogens is 1. The Hall–Kier alpha value is -2.32. The lowest BCUT2D eigenvalue weighted by atomic mass is 10.1. The number of ether oxygens (including phenoxy) is 2. The van der Waals surface area contributed by atoms with E-state index < -0.39 is 0 Å². The predicted octanol–water partition coefficient (Wildman–Crippen LogP) is 4.31. The van der Waals surface area contributed by atoms with Gasteiger partial charge in [-0.15, -0.1) is 11.3 Å². The summed E-state index contributed by atoms with van der Waals surface area (Å²) in [5.74, 6) is 1.37. The van der Waals surface area contributed by atoms with Gasteiger partial charge in [0.05, 0.1) is 19.3 Å². The maximum absolute atomic E-state index is 9.34. The monoisotopic (exact) mass is 314 g/mol. The first-order valence-electron chi connectivity index (χ1n) is 7.03. The first kappa shape index (κ1) is 16.1. The first-order chi connectivity index (χ1) is 10.7. The summed E-state index contributed by atoms with van der Waals surface area (Å²) in [7, 11) is 1.61. The van der Waals surface area contributed by atoms with Gasteiger partial charge in [0.25, 0.3) is 0 Å². The third-order valence-electron chi connectivity index (χ3n) is 2.93. The molecule has 0 unspecified atom stereocenters. The van der Waals surface area contributed by atoms with Gasteiger partial charge in [0.15, 0.2) is 11.5 Å². The highest BCUT2D eigenvalue weighted by molar-refractivity contribution is 7.11. The molecule has 1 aromatic heterocycles. The molecular formula is C17H18N2O2S. The van der Waals surface area contributed by atoms with Crippen molar-refractivity contribution in [3.05, 3.63) is 39.8 Å². The fraction of sp³-hybridized carbons (Fsp3) is 0.294. The molecule has 0 saturated heterocycles. The second-order valence-electron chi connectivity index (χ2n) is 4.72. The maximum atomic E-state index is 9.34. The number of allylic oxidation sites excluding steroid dienone is 1. The summed E-state index contributed by atoms with van der Waals surface area (Å²) in [5, 5.41) is 12.0. The normalized spacial score (nSPS) is 11.1. The molecule has 4 nitrogen and oxygen atoms in total. The Bertz CT molecular complexity index is 714. The molecule has 0 atom stereocenters. The summed E-state index contributed by atoms with van der Waals surface area (Å²) in [6.07, 6.45) is 2.75. The zero-order valence-corrected chi connectivity index (χ0v) is 13.7. The highest BCUT2D eigenvalue weighted by Gasteiger charge is 2.08. The summed E-state index contributed by atoms with van der Waals surface area (Å²) in [6.45, 7) is 4.62. The Kier molecular flexibility index (Phi) is 5.56. The van der Waals surface area contributed by atoms with Crippen molar-refractivity contribution in [2.45, 2.75) is 20.3 Å². The van der Waals surface area contributed by atoms with Crippen LogP contribution in [0.3, 0.4) is 0 Å². The molecule has 1 heterocycles. The molecule has 22 heavy (non-hydrogen) atoms. The summed E-state index contributed by atoms with van der Waals surface area (Å²) in [5.41, 5.74) is 2.34. The van der Waals surface area contributed by atoms with Gasteiger partial charge in [-0.3, -0.25) is 0 Å². The molecule has 0 radical (unpaired) electrons. The van der Waals surface area contributed by atoms with Crippen molar-refractivity contribution >= 4 is 23.0 Å². The fourth-order valence-electron chi connectivity index (χ4n) is 1.89. The molecule has 0 spiro atoms. The fourth-order valence-corrected chi connectivity index (χ4v) is 2.65. The molecule has 0 saturated carbocycles. The zero-order chi connectivity index (χ0) is 15.9. The van der Waals surface area contributed by atoms with Crippen LogP contribution in [0.2, 0.25) is 0 Å². The van der Waals surface area contributed by atoms with Crippen LogP contribution in [0.5, 0.6) is 11.5 Å². The van der Waals surface area contributed by atoms with E-state index in [2.05, 4.69) is 18.0 Å². The van der Waals surface area contributed by atoms with E-state index in [1.165, 1.54) is 11.3 Å². The Morgan fingerprint density at radius 3 is 2.82 bits per heavy atom. The lowest BCUT2D eigenvalue weighted by molar-refractivity contribution is 0.294. The lowest BCUT2D eigenvalue weighted by Crippen LogP contribution is -1.97. The van der Waals surface area contributed by atoms with Crippen molar-refractivity contribution in [1.29, 1.82) is 5.26 Å². The van der Waals surface area contributed by atoms with Gasteiger partial charge in [-0.25, -0.2) is 4.98 Å². The molecule has 0 aliphatic rings. The maximum Gasteiger partial charge on any atom is 0.161 e. The molecule has 114 valence electrons. The Morgan fingerprint density at radius 2 is 2.23 bits per heavy atom. The van der Waals surface area contributed by atoms with Crippen molar-refractivity contribution in [3.8, 4) is 17.6 Å². The number of methoxy groups -OCH3 is 1. The molecule has 0 N–H and O–H groups in total. The van der Waals surface area contributed by atoms with Gasteiger partial charge in [-0.05, 0) is 37.1 Å². The van der Waals surface area contributed by atoms with Crippen molar-refractivity contribution in [2.24, 2.45) is 0 Å². The minimum Gasteiger partial charge on any atom is -0.493 e. The smallest absolute Gasteiger partial charge is 0.161 e. The number of hydrogen-bond donors (Lipinski definition) is 0. The van der Waals surface area contributed by atoms with Crippen molar-refractivity contribution in [3.63, 3.8) is 0 Å². The number of nitrogens with zero attached hydrogens (tertiary/aromatic N) is 2. The quantitative estimate of drug-likeness (QED) is 0.745. The van der Waals surface area contributed by atoms with Gasteiger partial charge < -0.3 is 9.47 Å². The predicted molar refractivity (Wildman–Crippen MR) is 89.1 cm³/mol. The van der Waals surface area contributed by atoms with Crippen LogP contribution in [0, 0.1) is 18.3 Å². The van der Waals surface area contributed by atoms with E-state index in [-0.39, 0.29) is 0 Å². The third kappa shape index (κ3) is 3.86. The average Bonchev–Trinajstić information content (AvgIpc) is 2.97. The Balaban J connectivity index is 2.32. The van der Waals surface area contributed by atoms with Gasteiger partial charge in [0, 0.05) is 11.1 Å². The number of aryl methyl sites for hydroxylation is 1. The first-order valence-corrected chi connectivity index (χ1v) is 7.91. The molecule has 0 fully saturated rings. The Labute approximate surface area is 134 Å². The molecule has 0 amide bonds. The van der Waals surface area contributed by atoms with Gasteiger partial charge in [-0.2, -0.15) is 5.26 Å². The summed E-state index contributed by atoms with van der Waals surface area (Å²) >= 11 is 1.47. The average molecular weight is 314 g/mol. The van der Waals surface area contributed by atoms with Crippen molar-refractivity contribution in [1.82, 2.24) is 4.98 Å². The van der Waals surface area contributed by atoms with Crippen LogP contribution in [0.15, 0.2) is 23.6 Å². The highest BCUT2D eigenvalue weighted by atomic mass is 32.1. The lowest BCUT2D eigenvalue weighted by Gasteiger charge is -2.10. The SMILES string of the molecule is CCCOc1ccc(/C=C(/C#N)c2nc(C)cs2)cc1OC. The highest BCUT2D eigenvalue weighted by Crippen LogP contribution is 2.30. The van der Waals surface area contributed by atoms with Gasteiger partial charge >= 0.3 is 0 Å². The van der Waals surface area contributed by atoms with Crippen LogP contribution >= 0.6 is 11.3 Å².